The first-order chi connectivity index (χ1) is 13.5. The van der Waals surface area contributed by atoms with Crippen molar-refractivity contribution >= 4 is 29.0 Å². The van der Waals surface area contributed by atoms with E-state index in [1.54, 1.807) is 12.1 Å². The highest BCUT2D eigenvalue weighted by Crippen LogP contribution is 2.47. The van der Waals surface area contributed by atoms with E-state index in [2.05, 4.69) is 23.5 Å². The maximum atomic E-state index is 13.3. The van der Waals surface area contributed by atoms with Gasteiger partial charge in [0.15, 0.2) is 5.78 Å². The van der Waals surface area contributed by atoms with Gasteiger partial charge in [0.05, 0.1) is 27.6 Å². The number of dihydropyridines is 1. The average Bonchev–Trinajstić information content (AvgIpc) is 2.69. The van der Waals surface area contributed by atoms with Crippen LogP contribution in [0.4, 0.5) is 0 Å². The third kappa shape index (κ3) is 3.13. The highest BCUT2D eigenvalue weighted by Gasteiger charge is 2.39. The first kappa shape index (κ1) is 18.8. The second-order valence-electron chi connectivity index (χ2n) is 7.18. The molecular weight excluding hydrogens is 391 g/mol. The Hall–Kier alpha value is -2.54. The topological polar surface area (TPSA) is 52.9 Å². The van der Waals surface area contributed by atoms with Crippen LogP contribution >= 0.6 is 23.2 Å². The molecule has 0 fully saturated rings. The molecule has 5 heteroatoms. The Labute approximate surface area is 174 Å². The number of carbonyl (C=O) groups excluding carboxylic acids is 1. The van der Waals surface area contributed by atoms with Gasteiger partial charge < -0.3 is 5.32 Å². The molecule has 0 unspecified atom stereocenters. The van der Waals surface area contributed by atoms with Crippen LogP contribution < -0.4 is 5.32 Å². The van der Waals surface area contributed by atoms with E-state index in [-0.39, 0.29) is 11.7 Å². The van der Waals surface area contributed by atoms with Crippen molar-refractivity contribution in [1.82, 2.24) is 5.32 Å². The normalized spacial score (nSPS) is 21.9. The Morgan fingerprint density at radius 1 is 1.07 bits per heavy atom. The molecule has 2 aliphatic rings. The molecule has 0 amide bonds. The van der Waals surface area contributed by atoms with Crippen LogP contribution in [0.2, 0.25) is 10.0 Å². The molecule has 0 saturated heterocycles. The molecular formula is C23H18Cl2N2O. The first-order valence-corrected chi connectivity index (χ1v) is 9.89. The molecule has 140 valence electrons. The largest absolute Gasteiger partial charge is 0.361 e. The third-order valence-electron chi connectivity index (χ3n) is 5.51. The van der Waals surface area contributed by atoms with Gasteiger partial charge in [0, 0.05) is 23.4 Å². The average molecular weight is 409 g/mol. The van der Waals surface area contributed by atoms with Crippen LogP contribution in [-0.4, -0.2) is 5.78 Å². The Bertz CT molecular complexity index is 1060. The monoisotopic (exact) mass is 408 g/mol. The predicted molar refractivity (Wildman–Crippen MR) is 111 cm³/mol. The molecule has 2 aromatic rings. The van der Waals surface area contributed by atoms with E-state index in [1.165, 1.54) is 0 Å². The van der Waals surface area contributed by atoms with Crippen LogP contribution in [0, 0.1) is 11.3 Å². The number of allylic oxidation sites excluding steroid dienone is 4. The van der Waals surface area contributed by atoms with E-state index >= 15 is 0 Å². The van der Waals surface area contributed by atoms with Crippen LogP contribution in [0.25, 0.3) is 0 Å². The number of nitriles is 1. The molecule has 2 atom stereocenters. The van der Waals surface area contributed by atoms with Crippen LogP contribution in [0.15, 0.2) is 71.1 Å². The zero-order valence-corrected chi connectivity index (χ0v) is 16.8. The summed E-state index contributed by atoms with van der Waals surface area (Å²) in [6, 6.07) is 17.7. The summed E-state index contributed by atoms with van der Waals surface area (Å²) >= 11 is 12.7. The van der Waals surface area contributed by atoms with Gasteiger partial charge in [-0.25, -0.2) is 0 Å². The quantitative estimate of drug-likeness (QED) is 0.674. The molecule has 2 aromatic carbocycles. The molecule has 28 heavy (non-hydrogen) atoms. The summed E-state index contributed by atoms with van der Waals surface area (Å²) in [5, 5.41) is 13.9. The highest BCUT2D eigenvalue weighted by atomic mass is 35.5. The molecule has 0 spiro atoms. The van der Waals surface area contributed by atoms with Gasteiger partial charge in [0.2, 0.25) is 0 Å². The lowest BCUT2D eigenvalue weighted by Crippen LogP contribution is -2.33. The number of Topliss-reactive ketones (excluding diaryl/α,β-unsaturated/α-hetero) is 1. The Morgan fingerprint density at radius 2 is 1.82 bits per heavy atom. The fourth-order valence-corrected chi connectivity index (χ4v) is 4.62. The van der Waals surface area contributed by atoms with Gasteiger partial charge in [-0.05, 0) is 36.5 Å². The molecule has 0 saturated carbocycles. The second-order valence-corrected chi connectivity index (χ2v) is 7.97. The van der Waals surface area contributed by atoms with Crippen molar-refractivity contribution in [2.75, 3.05) is 0 Å². The van der Waals surface area contributed by atoms with Crippen molar-refractivity contribution in [1.29, 1.82) is 5.26 Å². The number of nitrogens with one attached hydrogen (secondary N) is 1. The van der Waals surface area contributed by atoms with Gasteiger partial charge in [-0.2, -0.15) is 5.26 Å². The number of hydrogen-bond acceptors (Lipinski definition) is 3. The maximum absolute atomic E-state index is 13.3. The zero-order chi connectivity index (χ0) is 19.8. The van der Waals surface area contributed by atoms with E-state index in [9.17, 15) is 10.1 Å². The van der Waals surface area contributed by atoms with Crippen LogP contribution in [0.3, 0.4) is 0 Å². The summed E-state index contributed by atoms with van der Waals surface area (Å²) in [5.74, 6) is -0.326. The minimum absolute atomic E-state index is 0.0453. The van der Waals surface area contributed by atoms with Crippen molar-refractivity contribution < 1.29 is 4.79 Å². The van der Waals surface area contributed by atoms with Crippen LogP contribution in [0.1, 0.15) is 42.7 Å². The predicted octanol–water partition coefficient (Wildman–Crippen LogP) is 5.88. The van der Waals surface area contributed by atoms with Crippen molar-refractivity contribution in [2.24, 2.45) is 0 Å². The third-order valence-corrected chi connectivity index (χ3v) is 6.35. The van der Waals surface area contributed by atoms with Crippen LogP contribution in [0.5, 0.6) is 0 Å². The summed E-state index contributed by atoms with van der Waals surface area (Å²) in [6.45, 7) is 1.87. The second kappa shape index (κ2) is 7.47. The van der Waals surface area contributed by atoms with E-state index in [0.717, 1.165) is 23.4 Å². The van der Waals surface area contributed by atoms with Crippen molar-refractivity contribution in [3.63, 3.8) is 0 Å². The molecule has 1 aliphatic carbocycles. The minimum atomic E-state index is -0.489. The Morgan fingerprint density at radius 3 is 2.54 bits per heavy atom. The smallest absolute Gasteiger partial charge is 0.162 e. The van der Waals surface area contributed by atoms with Crippen molar-refractivity contribution in [3.8, 4) is 6.07 Å². The minimum Gasteiger partial charge on any atom is -0.361 e. The molecule has 0 aromatic heterocycles. The number of hydrogen-bond donors (Lipinski definition) is 1. The summed E-state index contributed by atoms with van der Waals surface area (Å²) in [5.41, 5.74) is 4.62. The molecule has 1 heterocycles. The standard InChI is InChI=1S/C23H18Cl2N2O/c1-13-17(12-26)21(16-8-5-9-18(24)23(16)25)22-19(27-13)10-15(11-20(22)28)14-6-3-2-4-7-14/h2-9,15,21,27H,10-11H2,1H3/t15-,21-/m1/s1. The Kier molecular flexibility index (Phi) is 5.02. The number of rotatable bonds is 2. The number of halogens is 2. The molecule has 0 radical (unpaired) electrons. The number of ketones is 1. The number of nitrogens with zero attached hydrogens (tertiary/aromatic N) is 1. The first-order valence-electron chi connectivity index (χ1n) is 9.14. The lowest BCUT2D eigenvalue weighted by atomic mass is 9.72. The Balaban J connectivity index is 1.84. The fraction of sp³-hybridized carbons (Fsp3) is 0.217. The highest BCUT2D eigenvalue weighted by molar-refractivity contribution is 6.42. The van der Waals surface area contributed by atoms with Gasteiger partial charge in [-0.15, -0.1) is 0 Å². The molecule has 0 bridgehead atoms. The van der Waals surface area contributed by atoms with Gasteiger partial charge >= 0.3 is 0 Å². The lowest BCUT2D eigenvalue weighted by molar-refractivity contribution is -0.116. The summed E-state index contributed by atoms with van der Waals surface area (Å²) < 4.78 is 0. The SMILES string of the molecule is CC1=C(C#N)[C@@H](c2cccc(Cl)c2Cl)C2=C(C[C@@H](c3ccccc3)CC2=O)N1. The van der Waals surface area contributed by atoms with E-state index in [4.69, 9.17) is 23.2 Å². The fourth-order valence-electron chi connectivity index (χ4n) is 4.20. The number of benzene rings is 2. The van der Waals surface area contributed by atoms with Crippen molar-refractivity contribution in [3.05, 3.63) is 92.2 Å². The molecule has 3 nitrogen and oxygen atoms in total. The van der Waals surface area contributed by atoms with E-state index in [0.29, 0.717) is 33.2 Å². The zero-order valence-electron chi connectivity index (χ0n) is 15.3. The maximum Gasteiger partial charge on any atom is 0.162 e. The summed E-state index contributed by atoms with van der Waals surface area (Å²) in [7, 11) is 0. The van der Waals surface area contributed by atoms with Crippen LogP contribution in [-0.2, 0) is 4.79 Å². The summed E-state index contributed by atoms with van der Waals surface area (Å²) in [6.07, 6.45) is 1.13. The molecule has 4 rings (SSSR count). The lowest BCUT2D eigenvalue weighted by Gasteiger charge is -2.36. The van der Waals surface area contributed by atoms with Gasteiger partial charge in [0.1, 0.15) is 0 Å². The van der Waals surface area contributed by atoms with E-state index < -0.39 is 5.92 Å². The van der Waals surface area contributed by atoms with Crippen molar-refractivity contribution in [2.45, 2.75) is 31.6 Å². The van der Waals surface area contributed by atoms with Gasteiger partial charge in [-0.1, -0.05) is 65.7 Å². The van der Waals surface area contributed by atoms with E-state index in [1.807, 2.05) is 31.2 Å². The molecule has 1 aliphatic heterocycles. The van der Waals surface area contributed by atoms with Gasteiger partial charge in [-0.3, -0.25) is 4.79 Å². The summed E-state index contributed by atoms with van der Waals surface area (Å²) in [4.78, 5) is 13.3. The number of carbonyl (C=O) groups is 1. The molecule has 1 N–H and O–H groups in total. The van der Waals surface area contributed by atoms with Gasteiger partial charge in [0.25, 0.3) is 0 Å².